The maximum atomic E-state index is 10.7. The molecule has 0 heterocycles. The zero-order valence-corrected chi connectivity index (χ0v) is 9.00. The molecule has 0 saturated heterocycles. The van der Waals surface area contributed by atoms with Crippen molar-refractivity contribution in [3.8, 4) is 0 Å². The summed E-state index contributed by atoms with van der Waals surface area (Å²) in [5.74, 6) is 0.251. The average Bonchev–Trinajstić information content (AvgIpc) is 1.92. The summed E-state index contributed by atoms with van der Waals surface area (Å²) in [6.07, 6.45) is 0.495. The van der Waals surface area contributed by atoms with Gasteiger partial charge in [-0.15, -0.1) is 0 Å². The van der Waals surface area contributed by atoms with Crippen molar-refractivity contribution < 1.29 is 15.0 Å². The molecule has 82 valence electrons. The van der Waals surface area contributed by atoms with E-state index in [1.165, 1.54) is 0 Å². The summed E-state index contributed by atoms with van der Waals surface area (Å²) in [5, 5.41) is 20.3. The van der Waals surface area contributed by atoms with E-state index in [9.17, 15) is 4.79 Å². The van der Waals surface area contributed by atoms with Gasteiger partial charge in [0.1, 0.15) is 0 Å². The van der Waals surface area contributed by atoms with Gasteiger partial charge in [0.2, 0.25) is 0 Å². The van der Waals surface area contributed by atoms with Crippen LogP contribution < -0.4 is 5.32 Å². The predicted molar refractivity (Wildman–Crippen MR) is 53.2 cm³/mol. The van der Waals surface area contributed by atoms with E-state index in [4.69, 9.17) is 10.2 Å². The maximum absolute atomic E-state index is 10.7. The van der Waals surface area contributed by atoms with Crippen LogP contribution in [0.1, 0.15) is 33.6 Å². The molecular formula is C10H19NO3. The number of hydrogen-bond donors (Lipinski definition) is 3. The van der Waals surface area contributed by atoms with Crippen LogP contribution in [0.25, 0.3) is 0 Å². The Hall–Kier alpha value is -0.770. The highest BCUT2D eigenvalue weighted by molar-refractivity contribution is 5.66. The molecule has 0 bridgehead atoms. The van der Waals surface area contributed by atoms with Crippen molar-refractivity contribution in [3.63, 3.8) is 0 Å². The Morgan fingerprint density at radius 2 is 2.00 bits per heavy atom. The lowest BCUT2D eigenvalue weighted by atomic mass is 9.57. The molecule has 4 nitrogen and oxygen atoms in total. The molecule has 0 atom stereocenters. The molecule has 0 unspecified atom stereocenters. The van der Waals surface area contributed by atoms with E-state index in [1.54, 1.807) is 0 Å². The molecule has 4 heteroatoms. The number of aliphatic hydroxyl groups excluding tert-OH is 1. The molecule has 1 fully saturated rings. The van der Waals surface area contributed by atoms with Crippen LogP contribution in [0, 0.1) is 11.3 Å². The lowest BCUT2D eigenvalue weighted by Gasteiger charge is -2.55. The predicted octanol–water partition coefficient (Wildman–Crippen LogP) is 1.44. The normalized spacial score (nSPS) is 32.1. The van der Waals surface area contributed by atoms with Crippen molar-refractivity contribution in [1.29, 1.82) is 0 Å². The van der Waals surface area contributed by atoms with Crippen LogP contribution in [-0.4, -0.2) is 28.5 Å². The van der Waals surface area contributed by atoms with Crippen LogP contribution in [0.3, 0.4) is 0 Å². The molecule has 3 N–H and O–H groups in total. The summed E-state index contributed by atoms with van der Waals surface area (Å²) >= 11 is 0. The molecule has 0 aromatic carbocycles. The lowest BCUT2D eigenvalue weighted by molar-refractivity contribution is -0.0175. The molecule has 0 aromatic heterocycles. The SMILES string of the molecule is CC(C)(C)C1(NC(=O)O)CC(CO)C1. The summed E-state index contributed by atoms with van der Waals surface area (Å²) in [5.41, 5.74) is -0.455. The second-order valence-corrected chi connectivity index (χ2v) is 5.22. The van der Waals surface area contributed by atoms with Crippen LogP contribution in [0.15, 0.2) is 0 Å². The van der Waals surface area contributed by atoms with Gasteiger partial charge in [0.05, 0.1) is 0 Å². The molecule has 1 amide bonds. The third-order valence-corrected chi connectivity index (χ3v) is 3.31. The van der Waals surface area contributed by atoms with Crippen LogP contribution in [0.4, 0.5) is 4.79 Å². The number of rotatable bonds is 2. The van der Waals surface area contributed by atoms with E-state index >= 15 is 0 Å². The fraction of sp³-hybridized carbons (Fsp3) is 0.900. The van der Waals surface area contributed by atoms with E-state index in [0.29, 0.717) is 0 Å². The van der Waals surface area contributed by atoms with E-state index < -0.39 is 6.09 Å². The first-order valence-electron chi connectivity index (χ1n) is 4.93. The molecular weight excluding hydrogens is 182 g/mol. The highest BCUT2D eigenvalue weighted by atomic mass is 16.4. The van der Waals surface area contributed by atoms with Gasteiger partial charge in [-0.2, -0.15) is 0 Å². The second-order valence-electron chi connectivity index (χ2n) is 5.22. The van der Waals surface area contributed by atoms with Crippen LogP contribution >= 0.6 is 0 Å². The Bertz CT molecular complexity index is 226. The first kappa shape index (κ1) is 11.3. The van der Waals surface area contributed by atoms with E-state index in [1.807, 2.05) is 20.8 Å². The standard InChI is InChI=1S/C10H19NO3/c1-9(2,3)10(11-8(13)14)4-7(5-10)6-12/h7,11-12H,4-6H2,1-3H3,(H,13,14). The van der Waals surface area contributed by atoms with Gasteiger partial charge in [-0.1, -0.05) is 20.8 Å². The molecule has 14 heavy (non-hydrogen) atoms. The largest absolute Gasteiger partial charge is 0.465 e. The second kappa shape index (κ2) is 3.42. The van der Waals surface area contributed by atoms with Crippen molar-refractivity contribution in [2.75, 3.05) is 6.61 Å². The highest BCUT2D eigenvalue weighted by Crippen LogP contribution is 2.48. The van der Waals surface area contributed by atoms with Gasteiger partial charge in [0, 0.05) is 12.1 Å². The van der Waals surface area contributed by atoms with E-state index in [0.717, 1.165) is 12.8 Å². The minimum absolute atomic E-state index is 0.100. The number of carboxylic acid groups (broad SMARTS) is 1. The molecule has 0 aliphatic heterocycles. The zero-order chi connectivity index (χ0) is 11.0. The van der Waals surface area contributed by atoms with Crippen LogP contribution in [-0.2, 0) is 0 Å². The number of amides is 1. The van der Waals surface area contributed by atoms with Crippen molar-refractivity contribution in [3.05, 3.63) is 0 Å². The molecule has 1 rings (SSSR count). The Balaban J connectivity index is 2.70. The molecule has 0 aromatic rings. The van der Waals surface area contributed by atoms with Gasteiger partial charge in [0.25, 0.3) is 0 Å². The molecule has 0 spiro atoms. The quantitative estimate of drug-likeness (QED) is 0.633. The fourth-order valence-corrected chi connectivity index (χ4v) is 2.16. The summed E-state index contributed by atoms with van der Waals surface area (Å²) in [6, 6.07) is 0. The van der Waals surface area contributed by atoms with Crippen LogP contribution in [0.2, 0.25) is 0 Å². The van der Waals surface area contributed by atoms with E-state index in [2.05, 4.69) is 5.32 Å². The lowest BCUT2D eigenvalue weighted by Crippen LogP contribution is -2.64. The number of carbonyl (C=O) groups is 1. The Morgan fingerprint density at radius 1 is 1.50 bits per heavy atom. The Labute approximate surface area is 84.3 Å². The first-order valence-corrected chi connectivity index (χ1v) is 4.93. The summed E-state index contributed by atoms with van der Waals surface area (Å²) in [7, 11) is 0. The van der Waals surface area contributed by atoms with Gasteiger partial charge >= 0.3 is 6.09 Å². The van der Waals surface area contributed by atoms with Crippen molar-refractivity contribution in [2.45, 2.75) is 39.2 Å². The summed E-state index contributed by atoms with van der Waals surface area (Å²) in [6.45, 7) is 6.22. The van der Waals surface area contributed by atoms with E-state index in [-0.39, 0.29) is 23.5 Å². The molecule has 1 aliphatic carbocycles. The minimum Gasteiger partial charge on any atom is -0.465 e. The Kier molecular flexibility index (Phi) is 2.76. The smallest absolute Gasteiger partial charge is 0.405 e. The van der Waals surface area contributed by atoms with Crippen molar-refractivity contribution in [2.24, 2.45) is 11.3 Å². The molecule has 1 aliphatic rings. The molecule has 0 radical (unpaired) electrons. The molecule has 1 saturated carbocycles. The van der Waals surface area contributed by atoms with Gasteiger partial charge in [0.15, 0.2) is 0 Å². The highest BCUT2D eigenvalue weighted by Gasteiger charge is 2.52. The van der Waals surface area contributed by atoms with Gasteiger partial charge in [-0.3, -0.25) is 0 Å². The average molecular weight is 201 g/mol. The topological polar surface area (TPSA) is 69.6 Å². The van der Waals surface area contributed by atoms with Gasteiger partial charge in [-0.25, -0.2) is 4.79 Å². The third-order valence-electron chi connectivity index (χ3n) is 3.31. The summed E-state index contributed by atoms with van der Waals surface area (Å²) in [4.78, 5) is 10.7. The third kappa shape index (κ3) is 1.85. The van der Waals surface area contributed by atoms with Crippen molar-refractivity contribution >= 4 is 6.09 Å². The van der Waals surface area contributed by atoms with Crippen molar-refractivity contribution in [1.82, 2.24) is 5.32 Å². The van der Waals surface area contributed by atoms with Gasteiger partial charge in [-0.05, 0) is 24.2 Å². The first-order chi connectivity index (χ1) is 6.31. The van der Waals surface area contributed by atoms with Crippen LogP contribution in [0.5, 0.6) is 0 Å². The zero-order valence-electron chi connectivity index (χ0n) is 9.00. The Morgan fingerprint density at radius 3 is 2.29 bits per heavy atom. The number of hydrogen-bond acceptors (Lipinski definition) is 2. The summed E-state index contributed by atoms with van der Waals surface area (Å²) < 4.78 is 0. The monoisotopic (exact) mass is 201 g/mol. The maximum Gasteiger partial charge on any atom is 0.405 e. The van der Waals surface area contributed by atoms with Gasteiger partial charge < -0.3 is 15.5 Å². The number of nitrogens with one attached hydrogen (secondary N) is 1. The number of aliphatic hydroxyl groups is 1. The fourth-order valence-electron chi connectivity index (χ4n) is 2.16. The minimum atomic E-state index is -0.976.